The number of rotatable bonds is 4. The molecule has 0 spiro atoms. The third kappa shape index (κ3) is 3.45. The molecular weight excluding hydrogens is 264 g/mol. The maximum absolute atomic E-state index is 12.2. The van der Waals surface area contributed by atoms with Gasteiger partial charge < -0.3 is 10.4 Å². The molecule has 2 rings (SSSR count). The van der Waals surface area contributed by atoms with Crippen LogP contribution in [0.3, 0.4) is 0 Å². The van der Waals surface area contributed by atoms with E-state index in [0.29, 0.717) is 10.7 Å². The van der Waals surface area contributed by atoms with E-state index in [0.717, 1.165) is 31.4 Å². The number of amides is 1. The van der Waals surface area contributed by atoms with Gasteiger partial charge in [0.25, 0.3) is 5.91 Å². The topological polar surface area (TPSA) is 62.2 Å². The number of aryl methyl sites for hydroxylation is 1. The van der Waals surface area contributed by atoms with Crippen LogP contribution >= 0.6 is 11.6 Å². The number of nitrogens with zero attached hydrogens (tertiary/aromatic N) is 1. The lowest BCUT2D eigenvalue weighted by Gasteiger charge is -2.19. The van der Waals surface area contributed by atoms with Crippen molar-refractivity contribution in [2.24, 2.45) is 5.92 Å². The van der Waals surface area contributed by atoms with E-state index in [9.17, 15) is 9.90 Å². The van der Waals surface area contributed by atoms with Crippen molar-refractivity contribution in [1.29, 1.82) is 0 Å². The van der Waals surface area contributed by atoms with Gasteiger partial charge in [0.15, 0.2) is 0 Å². The quantitative estimate of drug-likeness (QED) is 0.832. The first-order valence-electron chi connectivity index (χ1n) is 6.72. The highest BCUT2D eigenvalue weighted by Crippen LogP contribution is 2.25. The summed E-state index contributed by atoms with van der Waals surface area (Å²) in [7, 11) is 0. The Hall–Kier alpha value is -1.13. The van der Waals surface area contributed by atoms with E-state index >= 15 is 0 Å². The molecule has 1 fully saturated rings. The number of carbonyl (C=O) groups excluding carboxylic acids is 1. The second-order valence-corrected chi connectivity index (χ2v) is 5.36. The Morgan fingerprint density at radius 2 is 2.32 bits per heavy atom. The Morgan fingerprint density at radius 1 is 1.53 bits per heavy atom. The molecule has 2 atom stereocenters. The van der Waals surface area contributed by atoms with Crippen LogP contribution in [-0.4, -0.2) is 28.6 Å². The minimum absolute atomic E-state index is 0.0644. The van der Waals surface area contributed by atoms with Crippen LogP contribution in [0.1, 0.15) is 42.2 Å². The molecule has 2 unspecified atom stereocenters. The molecule has 4 nitrogen and oxygen atoms in total. The third-order valence-electron chi connectivity index (χ3n) is 3.68. The fourth-order valence-electron chi connectivity index (χ4n) is 2.56. The van der Waals surface area contributed by atoms with Crippen molar-refractivity contribution in [1.82, 2.24) is 10.3 Å². The third-order valence-corrected chi connectivity index (χ3v) is 3.88. The van der Waals surface area contributed by atoms with E-state index in [1.807, 2.05) is 6.92 Å². The van der Waals surface area contributed by atoms with Gasteiger partial charge in [-0.15, -0.1) is 0 Å². The van der Waals surface area contributed by atoms with Gasteiger partial charge in [-0.3, -0.25) is 4.79 Å². The van der Waals surface area contributed by atoms with Crippen LogP contribution in [0.4, 0.5) is 0 Å². The lowest BCUT2D eigenvalue weighted by Crippen LogP contribution is -2.38. The summed E-state index contributed by atoms with van der Waals surface area (Å²) in [6.45, 7) is 2.10. The van der Waals surface area contributed by atoms with Gasteiger partial charge in [-0.1, -0.05) is 24.9 Å². The van der Waals surface area contributed by atoms with Crippen LogP contribution in [0.2, 0.25) is 5.15 Å². The zero-order chi connectivity index (χ0) is 13.8. The Labute approximate surface area is 118 Å². The summed E-state index contributed by atoms with van der Waals surface area (Å²) in [5, 5.41) is 12.6. The minimum atomic E-state index is -0.135. The number of nitrogens with one attached hydrogen (secondary N) is 1. The number of aliphatic hydroxyl groups excluding tert-OH is 1. The maximum atomic E-state index is 12.2. The SMILES string of the molecule is CCc1cc(C(=O)NC2CCCC2CO)cc(Cl)n1. The highest BCUT2D eigenvalue weighted by atomic mass is 35.5. The maximum Gasteiger partial charge on any atom is 0.251 e. The molecule has 1 amide bonds. The van der Waals surface area contributed by atoms with Crippen molar-refractivity contribution in [3.63, 3.8) is 0 Å². The first kappa shape index (κ1) is 14.3. The highest BCUT2D eigenvalue weighted by molar-refractivity contribution is 6.29. The number of carbonyl (C=O) groups is 1. The van der Waals surface area contributed by atoms with Gasteiger partial charge in [-0.25, -0.2) is 4.98 Å². The summed E-state index contributed by atoms with van der Waals surface area (Å²) in [6.07, 6.45) is 3.69. The average molecular weight is 283 g/mol. The Bertz CT molecular complexity index is 465. The van der Waals surface area contributed by atoms with Gasteiger partial charge in [0.05, 0.1) is 0 Å². The number of halogens is 1. The lowest BCUT2D eigenvalue weighted by molar-refractivity contribution is 0.0916. The summed E-state index contributed by atoms with van der Waals surface area (Å²) in [6, 6.07) is 3.41. The predicted octanol–water partition coefficient (Wildman–Crippen LogP) is 2.19. The van der Waals surface area contributed by atoms with Gasteiger partial charge in [0, 0.05) is 29.8 Å². The first-order chi connectivity index (χ1) is 9.13. The molecule has 1 aromatic rings. The van der Waals surface area contributed by atoms with Crippen LogP contribution < -0.4 is 5.32 Å². The molecule has 0 bridgehead atoms. The standard InChI is InChI=1S/C14H19ClN2O2/c1-2-11-6-10(7-13(15)16-11)14(19)17-12-5-3-4-9(12)8-18/h6-7,9,12,18H,2-5,8H2,1H3,(H,17,19). The van der Waals surface area contributed by atoms with Crippen LogP contribution in [0.5, 0.6) is 0 Å². The second-order valence-electron chi connectivity index (χ2n) is 4.98. The molecule has 1 heterocycles. The molecule has 0 radical (unpaired) electrons. The van der Waals surface area contributed by atoms with Gasteiger partial charge in [-0.2, -0.15) is 0 Å². The summed E-state index contributed by atoms with van der Waals surface area (Å²) in [5.41, 5.74) is 1.35. The largest absolute Gasteiger partial charge is 0.396 e. The molecule has 0 saturated heterocycles. The number of hydrogen-bond acceptors (Lipinski definition) is 3. The van der Waals surface area contributed by atoms with E-state index in [4.69, 9.17) is 11.6 Å². The molecule has 0 aromatic carbocycles. The molecule has 1 aromatic heterocycles. The smallest absolute Gasteiger partial charge is 0.251 e. The Kier molecular flexibility index (Phi) is 4.77. The number of pyridine rings is 1. The van der Waals surface area contributed by atoms with Gasteiger partial charge in [0.1, 0.15) is 5.15 Å². The molecule has 1 aliphatic carbocycles. The summed E-state index contributed by atoms with van der Waals surface area (Å²) >= 11 is 5.91. The highest BCUT2D eigenvalue weighted by Gasteiger charge is 2.28. The second kappa shape index (κ2) is 6.35. The zero-order valence-corrected chi connectivity index (χ0v) is 11.8. The molecule has 19 heavy (non-hydrogen) atoms. The van der Waals surface area contributed by atoms with Gasteiger partial charge >= 0.3 is 0 Å². The number of hydrogen-bond donors (Lipinski definition) is 2. The van der Waals surface area contributed by atoms with Crippen molar-refractivity contribution in [3.05, 3.63) is 28.5 Å². The van der Waals surface area contributed by atoms with Crippen LogP contribution in [-0.2, 0) is 6.42 Å². The fourth-order valence-corrected chi connectivity index (χ4v) is 2.79. The molecule has 1 saturated carbocycles. The molecular formula is C14H19ClN2O2. The molecule has 2 N–H and O–H groups in total. The van der Waals surface area contributed by atoms with Crippen LogP contribution in [0.25, 0.3) is 0 Å². The average Bonchev–Trinajstić information content (AvgIpc) is 2.85. The van der Waals surface area contributed by atoms with Crippen molar-refractivity contribution >= 4 is 17.5 Å². The summed E-state index contributed by atoms with van der Waals surface area (Å²) in [5.74, 6) is 0.0382. The van der Waals surface area contributed by atoms with E-state index in [2.05, 4.69) is 10.3 Å². The number of aliphatic hydroxyl groups is 1. The predicted molar refractivity (Wildman–Crippen MR) is 74.3 cm³/mol. The normalized spacial score (nSPS) is 22.5. The van der Waals surface area contributed by atoms with Crippen molar-refractivity contribution in [2.75, 3.05) is 6.61 Å². The Morgan fingerprint density at radius 3 is 3.00 bits per heavy atom. The van der Waals surface area contributed by atoms with Crippen LogP contribution in [0.15, 0.2) is 12.1 Å². The van der Waals surface area contributed by atoms with Crippen LogP contribution in [0, 0.1) is 5.92 Å². The minimum Gasteiger partial charge on any atom is -0.396 e. The monoisotopic (exact) mass is 282 g/mol. The van der Waals surface area contributed by atoms with E-state index in [-0.39, 0.29) is 24.5 Å². The van der Waals surface area contributed by atoms with Gasteiger partial charge in [-0.05, 0) is 31.4 Å². The van der Waals surface area contributed by atoms with E-state index < -0.39 is 0 Å². The van der Waals surface area contributed by atoms with Gasteiger partial charge in [0.2, 0.25) is 0 Å². The summed E-state index contributed by atoms with van der Waals surface area (Å²) in [4.78, 5) is 16.3. The molecule has 5 heteroatoms. The Balaban J connectivity index is 2.09. The molecule has 1 aliphatic rings. The van der Waals surface area contributed by atoms with Crippen molar-refractivity contribution < 1.29 is 9.90 Å². The number of aromatic nitrogens is 1. The first-order valence-corrected chi connectivity index (χ1v) is 7.10. The molecule has 104 valence electrons. The van der Waals surface area contributed by atoms with E-state index in [1.165, 1.54) is 0 Å². The van der Waals surface area contributed by atoms with Crippen molar-refractivity contribution in [3.8, 4) is 0 Å². The summed E-state index contributed by atoms with van der Waals surface area (Å²) < 4.78 is 0. The fraction of sp³-hybridized carbons (Fsp3) is 0.571. The lowest BCUT2D eigenvalue weighted by atomic mass is 10.0. The van der Waals surface area contributed by atoms with E-state index in [1.54, 1.807) is 12.1 Å². The van der Waals surface area contributed by atoms with Crippen molar-refractivity contribution in [2.45, 2.75) is 38.6 Å². The molecule has 0 aliphatic heterocycles. The zero-order valence-electron chi connectivity index (χ0n) is 11.0.